The lowest BCUT2D eigenvalue weighted by molar-refractivity contribution is 0.467. The van der Waals surface area contributed by atoms with Crippen molar-refractivity contribution in [3.8, 4) is 0 Å². The Bertz CT molecular complexity index is 58.6. The van der Waals surface area contributed by atoms with Gasteiger partial charge in [0.1, 0.15) is 0 Å². The molecule has 1 saturated heterocycles. The number of thioether (sulfide) groups is 1. The molecule has 1 heteroatoms. The topological polar surface area (TPSA) is 0 Å². The van der Waals surface area contributed by atoms with Crippen LogP contribution in [0.15, 0.2) is 0 Å². The first-order chi connectivity index (χ1) is 3.21. The van der Waals surface area contributed by atoms with Gasteiger partial charge in [-0.2, -0.15) is 11.8 Å². The van der Waals surface area contributed by atoms with E-state index in [0.717, 1.165) is 0 Å². The Kier molecular flexibility index (Phi) is 1.33. The van der Waals surface area contributed by atoms with Gasteiger partial charge in [-0.3, -0.25) is 0 Å². The third-order valence-electron chi connectivity index (χ3n) is 1.27. The Hall–Kier alpha value is 0.350. The molecule has 0 unspecified atom stereocenters. The Morgan fingerprint density at radius 2 is 2.29 bits per heavy atom. The van der Waals surface area contributed by atoms with Gasteiger partial charge in [0, 0.05) is 5.75 Å². The molecule has 0 amide bonds. The molecule has 0 aliphatic carbocycles. The molecule has 1 fully saturated rings. The third kappa shape index (κ3) is 1.37. The first-order valence-electron chi connectivity index (χ1n) is 2.67. The lowest BCUT2D eigenvalue weighted by atomic mass is 9.94. The molecule has 1 radical (unpaired) electrons. The molecule has 0 nitrogen and oxygen atoms in total. The van der Waals surface area contributed by atoms with E-state index in [2.05, 4.69) is 19.6 Å². The normalized spacial score (nSPS) is 28.3. The van der Waals surface area contributed by atoms with Crippen LogP contribution in [0.2, 0.25) is 0 Å². The minimum atomic E-state index is 0.532. The Labute approximate surface area is 49.7 Å². The summed E-state index contributed by atoms with van der Waals surface area (Å²) in [4.78, 5) is 0. The summed E-state index contributed by atoms with van der Waals surface area (Å²) in [7, 11) is 0. The molecule has 1 heterocycles. The van der Waals surface area contributed by atoms with Crippen LogP contribution in [-0.2, 0) is 0 Å². The zero-order valence-corrected chi connectivity index (χ0v) is 5.72. The van der Waals surface area contributed by atoms with Gasteiger partial charge >= 0.3 is 0 Å². The van der Waals surface area contributed by atoms with E-state index in [1.165, 1.54) is 12.2 Å². The first kappa shape index (κ1) is 5.49. The van der Waals surface area contributed by atoms with E-state index in [1.54, 1.807) is 0 Å². The van der Waals surface area contributed by atoms with Crippen LogP contribution < -0.4 is 0 Å². The van der Waals surface area contributed by atoms with Gasteiger partial charge in [0.2, 0.25) is 0 Å². The Morgan fingerprint density at radius 3 is 2.43 bits per heavy atom. The van der Waals surface area contributed by atoms with Crippen molar-refractivity contribution in [2.75, 3.05) is 5.75 Å². The summed E-state index contributed by atoms with van der Waals surface area (Å²) in [6, 6.07) is 0. The number of hydrogen-bond donors (Lipinski definition) is 0. The maximum atomic E-state index is 2.34. The van der Waals surface area contributed by atoms with Gasteiger partial charge in [-0.05, 0) is 17.6 Å². The molecule has 1 aliphatic rings. The summed E-state index contributed by atoms with van der Waals surface area (Å²) in [5.41, 5.74) is 0.532. The summed E-state index contributed by atoms with van der Waals surface area (Å²) in [6.07, 6.45) is 1.36. The van der Waals surface area contributed by atoms with Gasteiger partial charge < -0.3 is 0 Å². The highest BCUT2D eigenvalue weighted by Crippen LogP contribution is 2.38. The fourth-order valence-corrected chi connectivity index (χ4v) is 2.00. The van der Waals surface area contributed by atoms with Crippen LogP contribution in [0.3, 0.4) is 0 Å². The predicted molar refractivity (Wildman–Crippen MR) is 35.2 cm³/mol. The van der Waals surface area contributed by atoms with Gasteiger partial charge in [0.15, 0.2) is 0 Å². The van der Waals surface area contributed by atoms with Crippen molar-refractivity contribution in [3.05, 3.63) is 5.75 Å². The zero-order chi connectivity index (χ0) is 5.33. The zero-order valence-electron chi connectivity index (χ0n) is 4.90. The monoisotopic (exact) mass is 115 g/mol. The van der Waals surface area contributed by atoms with E-state index in [4.69, 9.17) is 0 Å². The fraction of sp³-hybridized carbons (Fsp3) is 0.833. The smallest absolute Gasteiger partial charge is 0.0223 e. The second kappa shape index (κ2) is 1.70. The maximum Gasteiger partial charge on any atom is 0.0223 e. The van der Waals surface area contributed by atoms with Gasteiger partial charge in [0.25, 0.3) is 0 Å². The summed E-state index contributed by atoms with van der Waals surface area (Å²) in [5, 5.41) is 0. The molecule has 0 bridgehead atoms. The van der Waals surface area contributed by atoms with E-state index >= 15 is 0 Å². The van der Waals surface area contributed by atoms with Gasteiger partial charge in [-0.1, -0.05) is 13.8 Å². The summed E-state index contributed by atoms with van der Waals surface area (Å²) in [5.74, 6) is 3.67. The van der Waals surface area contributed by atoms with Crippen molar-refractivity contribution in [2.45, 2.75) is 20.3 Å². The molecule has 7 heavy (non-hydrogen) atoms. The number of hydrogen-bond acceptors (Lipinski definition) is 1. The number of rotatable bonds is 0. The molecule has 1 aliphatic heterocycles. The third-order valence-corrected chi connectivity index (χ3v) is 2.51. The van der Waals surface area contributed by atoms with Crippen molar-refractivity contribution in [1.82, 2.24) is 0 Å². The van der Waals surface area contributed by atoms with Gasteiger partial charge in [-0.25, -0.2) is 0 Å². The van der Waals surface area contributed by atoms with Gasteiger partial charge in [0.05, 0.1) is 0 Å². The largest absolute Gasteiger partial charge is 0.157 e. The standard InChI is InChI=1S/C6H11S/c1-6(2)3-4-7-5-6/h5H,3-4H2,1-2H3. The SMILES string of the molecule is CC1(C)[CH]SCC1. The van der Waals surface area contributed by atoms with E-state index in [0.29, 0.717) is 5.41 Å². The highest BCUT2D eigenvalue weighted by Gasteiger charge is 2.23. The van der Waals surface area contributed by atoms with Crippen molar-refractivity contribution < 1.29 is 0 Å². The predicted octanol–water partition coefficient (Wildman–Crippen LogP) is 2.31. The first-order valence-corrected chi connectivity index (χ1v) is 3.72. The molecule has 0 saturated carbocycles. The highest BCUT2D eigenvalue weighted by molar-refractivity contribution is 8.01. The Morgan fingerprint density at radius 1 is 1.57 bits per heavy atom. The average Bonchev–Trinajstić information content (AvgIpc) is 1.84. The average molecular weight is 115 g/mol. The minimum Gasteiger partial charge on any atom is -0.157 e. The van der Waals surface area contributed by atoms with E-state index in [1.807, 2.05) is 11.8 Å². The quantitative estimate of drug-likeness (QED) is 0.467. The summed E-state index contributed by atoms with van der Waals surface area (Å²) in [6.45, 7) is 4.57. The highest BCUT2D eigenvalue weighted by atomic mass is 32.2. The van der Waals surface area contributed by atoms with Crippen LogP contribution in [-0.4, -0.2) is 5.75 Å². The lowest BCUT2D eigenvalue weighted by Crippen LogP contribution is -2.02. The minimum absolute atomic E-state index is 0.532. The van der Waals surface area contributed by atoms with Gasteiger partial charge in [-0.15, -0.1) is 0 Å². The molecule has 1 rings (SSSR count). The van der Waals surface area contributed by atoms with Crippen LogP contribution in [0, 0.1) is 11.2 Å². The van der Waals surface area contributed by atoms with Crippen LogP contribution in [0.5, 0.6) is 0 Å². The van der Waals surface area contributed by atoms with Crippen molar-refractivity contribution in [3.63, 3.8) is 0 Å². The molecule has 0 spiro atoms. The molecule has 0 N–H and O–H groups in total. The van der Waals surface area contributed by atoms with Crippen LogP contribution >= 0.6 is 11.8 Å². The van der Waals surface area contributed by atoms with Crippen LogP contribution in [0.25, 0.3) is 0 Å². The molecule has 0 atom stereocenters. The molecular weight excluding hydrogens is 104 g/mol. The van der Waals surface area contributed by atoms with Crippen molar-refractivity contribution in [1.29, 1.82) is 0 Å². The van der Waals surface area contributed by atoms with Crippen molar-refractivity contribution >= 4 is 11.8 Å². The van der Waals surface area contributed by atoms with Crippen LogP contribution in [0.1, 0.15) is 20.3 Å². The fourth-order valence-electron chi connectivity index (χ4n) is 0.665. The maximum absolute atomic E-state index is 2.34. The van der Waals surface area contributed by atoms with E-state index in [-0.39, 0.29) is 0 Å². The molecule has 0 aromatic rings. The molecule has 0 aromatic carbocycles. The second-order valence-electron chi connectivity index (χ2n) is 2.73. The lowest BCUT2D eigenvalue weighted by Gasteiger charge is -2.12. The molecule has 41 valence electrons. The second-order valence-corrected chi connectivity index (χ2v) is 3.70. The Balaban J connectivity index is 2.40. The molecular formula is C6H11S. The molecule has 0 aromatic heterocycles. The van der Waals surface area contributed by atoms with E-state index in [9.17, 15) is 0 Å². The summed E-state index contributed by atoms with van der Waals surface area (Å²) < 4.78 is 0. The van der Waals surface area contributed by atoms with E-state index < -0.39 is 0 Å². The summed E-state index contributed by atoms with van der Waals surface area (Å²) >= 11 is 1.96. The van der Waals surface area contributed by atoms with Crippen LogP contribution in [0.4, 0.5) is 0 Å². The van der Waals surface area contributed by atoms with Crippen molar-refractivity contribution in [2.24, 2.45) is 5.41 Å².